The predicted molar refractivity (Wildman–Crippen MR) is 105 cm³/mol. The molecule has 0 atom stereocenters. The lowest BCUT2D eigenvalue weighted by Crippen LogP contribution is -2.44. The third-order valence-corrected chi connectivity index (χ3v) is 5.43. The fourth-order valence-corrected chi connectivity index (χ4v) is 3.73. The fraction of sp³-hybridized carbons (Fsp3) is 0.400. The van der Waals surface area contributed by atoms with Crippen LogP contribution < -0.4 is 10.6 Å². The summed E-state index contributed by atoms with van der Waals surface area (Å²) in [5.41, 5.74) is 1.48. The highest BCUT2D eigenvalue weighted by Crippen LogP contribution is 2.36. The van der Waals surface area contributed by atoms with Gasteiger partial charge < -0.3 is 15.7 Å². The van der Waals surface area contributed by atoms with Crippen molar-refractivity contribution in [2.75, 3.05) is 5.32 Å². The number of nitro benzene ring substituents is 1. The number of urea groups is 1. The second-order valence-electron chi connectivity index (χ2n) is 7.30. The van der Waals surface area contributed by atoms with Crippen LogP contribution in [0.4, 0.5) is 16.2 Å². The van der Waals surface area contributed by atoms with Crippen molar-refractivity contribution in [1.82, 2.24) is 10.3 Å². The van der Waals surface area contributed by atoms with E-state index in [1.54, 1.807) is 38.4 Å². The van der Waals surface area contributed by atoms with E-state index in [-0.39, 0.29) is 11.7 Å². The van der Waals surface area contributed by atoms with Crippen molar-refractivity contribution in [3.8, 4) is 0 Å². The van der Waals surface area contributed by atoms with Crippen LogP contribution in [0.5, 0.6) is 0 Å². The summed E-state index contributed by atoms with van der Waals surface area (Å²) in [7, 11) is 0. The Morgan fingerprint density at radius 2 is 2.00 bits per heavy atom. The molecule has 8 heteroatoms. The zero-order valence-corrected chi connectivity index (χ0v) is 15.9. The van der Waals surface area contributed by atoms with Crippen LogP contribution in [0.1, 0.15) is 42.4 Å². The number of aryl methyl sites for hydroxylation is 1. The minimum absolute atomic E-state index is 0.0277. The van der Waals surface area contributed by atoms with Gasteiger partial charge >= 0.3 is 6.03 Å². The number of amides is 2. The molecular formula is C20H24N4O4. The average molecular weight is 384 g/mol. The Labute approximate surface area is 163 Å². The Hall–Kier alpha value is -3.00. The summed E-state index contributed by atoms with van der Waals surface area (Å²) in [5.74, 6) is 0. The molecule has 0 spiro atoms. The lowest BCUT2D eigenvalue weighted by atomic mass is 9.78. The average Bonchev–Trinajstić information content (AvgIpc) is 2.67. The number of nitro groups is 1. The molecule has 3 rings (SSSR count). The quantitative estimate of drug-likeness (QED) is 0.550. The molecule has 1 heterocycles. The first kappa shape index (κ1) is 19.8. The summed E-state index contributed by atoms with van der Waals surface area (Å²) < 4.78 is 0. The number of pyridine rings is 1. The number of rotatable bonds is 4. The maximum absolute atomic E-state index is 12.4. The fourth-order valence-electron chi connectivity index (χ4n) is 3.73. The van der Waals surface area contributed by atoms with Gasteiger partial charge in [-0.3, -0.25) is 15.1 Å². The Morgan fingerprint density at radius 1 is 1.29 bits per heavy atom. The molecule has 2 aromatic rings. The second kappa shape index (κ2) is 7.93. The number of nitrogens with one attached hydrogen (secondary N) is 2. The summed E-state index contributed by atoms with van der Waals surface area (Å²) in [5, 5.41) is 27.6. The van der Waals surface area contributed by atoms with Gasteiger partial charge in [0.1, 0.15) is 0 Å². The molecule has 1 aromatic heterocycles. The molecule has 1 aliphatic rings. The molecule has 1 aromatic carbocycles. The number of aliphatic hydroxyl groups is 1. The Kier molecular flexibility index (Phi) is 5.60. The van der Waals surface area contributed by atoms with E-state index in [9.17, 15) is 20.0 Å². The molecule has 28 heavy (non-hydrogen) atoms. The monoisotopic (exact) mass is 384 g/mol. The number of hydrogen-bond donors (Lipinski definition) is 3. The Morgan fingerprint density at radius 3 is 2.61 bits per heavy atom. The molecule has 8 nitrogen and oxygen atoms in total. The van der Waals surface area contributed by atoms with Crippen LogP contribution in [0.15, 0.2) is 36.7 Å². The molecule has 1 fully saturated rings. The molecule has 1 aliphatic carbocycles. The number of carbonyl (C=O) groups excluding carboxylic acids is 1. The summed E-state index contributed by atoms with van der Waals surface area (Å²) >= 11 is 0. The van der Waals surface area contributed by atoms with E-state index in [4.69, 9.17) is 0 Å². The van der Waals surface area contributed by atoms with E-state index in [0.29, 0.717) is 36.9 Å². The maximum atomic E-state index is 12.4. The van der Waals surface area contributed by atoms with E-state index in [1.165, 1.54) is 6.07 Å². The first-order valence-electron chi connectivity index (χ1n) is 9.25. The van der Waals surface area contributed by atoms with Gasteiger partial charge in [-0.05, 0) is 51.2 Å². The molecular weight excluding hydrogens is 360 g/mol. The molecule has 3 N–H and O–H groups in total. The number of carbonyl (C=O) groups is 1. The van der Waals surface area contributed by atoms with Gasteiger partial charge in [-0.25, -0.2) is 4.79 Å². The molecule has 0 aliphatic heterocycles. The highest BCUT2D eigenvalue weighted by molar-refractivity contribution is 5.92. The van der Waals surface area contributed by atoms with E-state index >= 15 is 0 Å². The highest BCUT2D eigenvalue weighted by Gasteiger charge is 2.35. The van der Waals surface area contributed by atoms with Gasteiger partial charge in [-0.2, -0.15) is 0 Å². The van der Waals surface area contributed by atoms with Crippen LogP contribution in [-0.2, 0) is 5.60 Å². The van der Waals surface area contributed by atoms with Gasteiger partial charge in [-0.15, -0.1) is 0 Å². The minimum Gasteiger partial charge on any atom is -0.385 e. The van der Waals surface area contributed by atoms with Crippen molar-refractivity contribution in [2.24, 2.45) is 0 Å². The number of nitrogens with zero attached hydrogens (tertiary/aromatic N) is 2. The SMILES string of the molecule is Cc1ccc([N+](=O)[O-])c(C)c1NC(=O)NC1CCC(O)(c2cccnc2)CC1. The van der Waals surface area contributed by atoms with Gasteiger partial charge in [0, 0.05) is 30.1 Å². The summed E-state index contributed by atoms with van der Waals surface area (Å²) in [6.45, 7) is 3.41. The normalized spacial score (nSPS) is 21.8. The van der Waals surface area contributed by atoms with E-state index < -0.39 is 16.6 Å². The van der Waals surface area contributed by atoms with Crippen LogP contribution >= 0.6 is 0 Å². The third-order valence-electron chi connectivity index (χ3n) is 5.43. The van der Waals surface area contributed by atoms with E-state index in [2.05, 4.69) is 15.6 Å². The van der Waals surface area contributed by atoms with Gasteiger partial charge in [-0.1, -0.05) is 12.1 Å². The van der Waals surface area contributed by atoms with Crippen molar-refractivity contribution < 1.29 is 14.8 Å². The van der Waals surface area contributed by atoms with Crippen LogP contribution in [0.3, 0.4) is 0 Å². The molecule has 148 valence electrons. The van der Waals surface area contributed by atoms with Crippen molar-refractivity contribution in [3.63, 3.8) is 0 Å². The second-order valence-corrected chi connectivity index (χ2v) is 7.30. The summed E-state index contributed by atoms with van der Waals surface area (Å²) in [4.78, 5) is 27.2. The van der Waals surface area contributed by atoms with Crippen LogP contribution in [-0.4, -0.2) is 27.1 Å². The Bertz CT molecular complexity index is 877. The third kappa shape index (κ3) is 4.12. The predicted octanol–water partition coefficient (Wildman–Crippen LogP) is 3.56. The van der Waals surface area contributed by atoms with E-state index in [0.717, 1.165) is 11.1 Å². The van der Waals surface area contributed by atoms with Crippen LogP contribution in [0, 0.1) is 24.0 Å². The standard InChI is InChI=1S/C20H24N4O4/c1-13-5-6-17(24(27)28)14(2)18(13)23-19(25)22-16-7-9-20(26,10-8-16)15-4-3-11-21-12-15/h3-6,11-12,16,26H,7-10H2,1-2H3,(H2,22,23,25). The van der Waals surface area contributed by atoms with Crippen molar-refractivity contribution in [3.05, 3.63) is 63.5 Å². The lowest BCUT2D eigenvalue weighted by molar-refractivity contribution is -0.385. The van der Waals surface area contributed by atoms with Crippen molar-refractivity contribution >= 4 is 17.4 Å². The first-order valence-corrected chi connectivity index (χ1v) is 9.25. The van der Waals surface area contributed by atoms with Gasteiger partial charge in [0.25, 0.3) is 5.69 Å². The molecule has 0 unspecified atom stereocenters. The van der Waals surface area contributed by atoms with E-state index in [1.807, 2.05) is 6.07 Å². The van der Waals surface area contributed by atoms with Gasteiger partial charge in [0.2, 0.25) is 0 Å². The smallest absolute Gasteiger partial charge is 0.319 e. The molecule has 0 saturated heterocycles. The number of anilines is 1. The molecule has 0 radical (unpaired) electrons. The molecule has 2 amide bonds. The van der Waals surface area contributed by atoms with Crippen molar-refractivity contribution in [2.45, 2.75) is 51.2 Å². The molecule has 0 bridgehead atoms. The molecule has 1 saturated carbocycles. The maximum Gasteiger partial charge on any atom is 0.319 e. The summed E-state index contributed by atoms with van der Waals surface area (Å²) in [6.07, 6.45) is 5.66. The van der Waals surface area contributed by atoms with Gasteiger partial charge in [0.15, 0.2) is 0 Å². The number of benzene rings is 1. The van der Waals surface area contributed by atoms with Gasteiger partial charge in [0.05, 0.1) is 21.8 Å². The topological polar surface area (TPSA) is 117 Å². The number of hydrogen-bond acceptors (Lipinski definition) is 5. The largest absolute Gasteiger partial charge is 0.385 e. The zero-order valence-electron chi connectivity index (χ0n) is 15.9. The van der Waals surface area contributed by atoms with Crippen LogP contribution in [0.25, 0.3) is 0 Å². The first-order chi connectivity index (χ1) is 13.3. The van der Waals surface area contributed by atoms with Crippen LogP contribution in [0.2, 0.25) is 0 Å². The summed E-state index contributed by atoms with van der Waals surface area (Å²) in [6, 6.07) is 6.25. The lowest BCUT2D eigenvalue weighted by Gasteiger charge is -2.36. The highest BCUT2D eigenvalue weighted by atomic mass is 16.6. The minimum atomic E-state index is -0.921. The zero-order chi connectivity index (χ0) is 20.3. The van der Waals surface area contributed by atoms with Crippen molar-refractivity contribution in [1.29, 1.82) is 0 Å². The number of aromatic nitrogens is 1. The Balaban J connectivity index is 1.61.